The van der Waals surface area contributed by atoms with Crippen molar-refractivity contribution in [2.24, 2.45) is 0 Å². The van der Waals surface area contributed by atoms with Gasteiger partial charge >= 0.3 is 0 Å². The van der Waals surface area contributed by atoms with Crippen LogP contribution < -0.4 is 11.1 Å². The lowest BCUT2D eigenvalue weighted by molar-refractivity contribution is 0.290. The van der Waals surface area contributed by atoms with Crippen LogP contribution >= 0.6 is 0 Å². The number of nitrogens with one attached hydrogen (secondary N) is 1. The number of rotatable bonds is 4. The van der Waals surface area contributed by atoms with Crippen molar-refractivity contribution >= 4 is 11.6 Å². The average molecular weight is 180 g/mol. The van der Waals surface area contributed by atoms with Crippen LogP contribution in [0.15, 0.2) is 25.0 Å². The quantitative estimate of drug-likeness (QED) is 0.569. The van der Waals surface area contributed by atoms with Crippen LogP contribution in [0.25, 0.3) is 0 Å². The first-order valence-corrected chi connectivity index (χ1v) is 3.83. The van der Waals surface area contributed by atoms with E-state index in [0.717, 1.165) is 0 Å². The zero-order valence-electron chi connectivity index (χ0n) is 7.14. The summed E-state index contributed by atoms with van der Waals surface area (Å²) in [5.74, 6) is 0.865. The lowest BCUT2D eigenvalue weighted by atomic mass is 10.3. The van der Waals surface area contributed by atoms with Gasteiger partial charge in [-0.15, -0.1) is 6.58 Å². The summed E-state index contributed by atoms with van der Waals surface area (Å²) in [6, 6.07) is -0.226. The van der Waals surface area contributed by atoms with Gasteiger partial charge < -0.3 is 16.2 Å². The molecule has 0 bridgehead atoms. The smallest absolute Gasteiger partial charge is 0.147 e. The Balaban J connectivity index is 2.67. The molecular weight excluding hydrogens is 168 g/mol. The van der Waals surface area contributed by atoms with Crippen molar-refractivity contribution in [3.8, 4) is 0 Å². The average Bonchev–Trinajstić information content (AvgIpc) is 2.14. The van der Waals surface area contributed by atoms with Crippen LogP contribution in [-0.4, -0.2) is 27.7 Å². The number of hydrogen-bond donors (Lipinski definition) is 3. The minimum absolute atomic E-state index is 0.0417. The first-order chi connectivity index (χ1) is 6.26. The van der Waals surface area contributed by atoms with E-state index in [2.05, 4.69) is 21.9 Å². The van der Waals surface area contributed by atoms with Gasteiger partial charge in [-0.05, 0) is 0 Å². The van der Waals surface area contributed by atoms with E-state index >= 15 is 0 Å². The van der Waals surface area contributed by atoms with Gasteiger partial charge in [-0.25, -0.2) is 4.98 Å². The lowest BCUT2D eigenvalue weighted by Crippen LogP contribution is -2.21. The highest BCUT2D eigenvalue weighted by Gasteiger charge is 2.02. The molecule has 0 saturated heterocycles. The molecule has 1 rings (SSSR count). The van der Waals surface area contributed by atoms with Crippen LogP contribution in [0.5, 0.6) is 0 Å². The molecule has 1 heterocycles. The Labute approximate surface area is 76.3 Å². The summed E-state index contributed by atoms with van der Waals surface area (Å²) in [6.45, 7) is 3.51. The molecule has 13 heavy (non-hydrogen) atoms. The summed E-state index contributed by atoms with van der Waals surface area (Å²) in [6.07, 6.45) is 4.57. The first kappa shape index (κ1) is 9.47. The molecule has 0 aliphatic heterocycles. The number of aromatic nitrogens is 2. The minimum Gasteiger partial charge on any atom is -0.394 e. The number of nitrogen functional groups attached to an aromatic ring is 1. The van der Waals surface area contributed by atoms with E-state index in [4.69, 9.17) is 10.8 Å². The van der Waals surface area contributed by atoms with Crippen LogP contribution in [0, 0.1) is 0 Å². The summed E-state index contributed by atoms with van der Waals surface area (Å²) >= 11 is 0. The highest BCUT2D eigenvalue weighted by molar-refractivity contribution is 5.39. The first-order valence-electron chi connectivity index (χ1n) is 3.83. The number of nitrogens with zero attached hydrogens (tertiary/aromatic N) is 2. The van der Waals surface area contributed by atoms with Crippen molar-refractivity contribution < 1.29 is 5.11 Å². The third-order valence-corrected chi connectivity index (χ3v) is 1.47. The summed E-state index contributed by atoms with van der Waals surface area (Å²) in [5.41, 5.74) is 5.42. The van der Waals surface area contributed by atoms with Crippen LogP contribution in [0.1, 0.15) is 0 Å². The predicted molar refractivity (Wildman–Crippen MR) is 51.1 cm³/mol. The van der Waals surface area contributed by atoms with Crippen molar-refractivity contribution in [3.63, 3.8) is 0 Å². The zero-order valence-corrected chi connectivity index (χ0v) is 7.14. The Morgan fingerprint density at radius 1 is 1.69 bits per heavy atom. The monoisotopic (exact) mass is 180 g/mol. The molecule has 4 N–H and O–H groups in total. The maximum atomic E-state index is 8.84. The molecule has 0 spiro atoms. The van der Waals surface area contributed by atoms with Crippen LogP contribution in [0.3, 0.4) is 0 Å². The largest absolute Gasteiger partial charge is 0.394 e. The van der Waals surface area contributed by atoms with Crippen LogP contribution in [0.4, 0.5) is 11.6 Å². The molecule has 1 aromatic rings. The number of aliphatic hydroxyl groups is 1. The van der Waals surface area contributed by atoms with Gasteiger partial charge in [0.2, 0.25) is 0 Å². The Bertz CT molecular complexity index is 289. The molecular formula is C8H12N4O. The van der Waals surface area contributed by atoms with Gasteiger partial charge in [0.1, 0.15) is 11.6 Å². The molecule has 70 valence electrons. The fraction of sp³-hybridized carbons (Fsp3) is 0.250. The molecule has 0 aliphatic rings. The fourth-order valence-corrected chi connectivity index (χ4v) is 0.820. The van der Waals surface area contributed by atoms with Gasteiger partial charge in [-0.2, -0.15) is 0 Å². The summed E-state index contributed by atoms with van der Waals surface area (Å²) < 4.78 is 0. The normalized spacial score (nSPS) is 12.1. The van der Waals surface area contributed by atoms with Gasteiger partial charge in [-0.1, -0.05) is 6.08 Å². The van der Waals surface area contributed by atoms with E-state index in [1.807, 2.05) is 0 Å². The minimum atomic E-state index is -0.226. The molecule has 1 atom stereocenters. The summed E-state index contributed by atoms with van der Waals surface area (Å²) in [7, 11) is 0. The molecule has 1 unspecified atom stereocenters. The highest BCUT2D eigenvalue weighted by Crippen LogP contribution is 2.04. The second kappa shape index (κ2) is 4.42. The molecule has 5 nitrogen and oxygen atoms in total. The third-order valence-electron chi connectivity index (χ3n) is 1.47. The molecule has 5 heteroatoms. The maximum Gasteiger partial charge on any atom is 0.147 e. The van der Waals surface area contributed by atoms with E-state index in [9.17, 15) is 0 Å². The van der Waals surface area contributed by atoms with Gasteiger partial charge in [0, 0.05) is 0 Å². The number of anilines is 2. The van der Waals surface area contributed by atoms with Crippen molar-refractivity contribution in [1.82, 2.24) is 9.97 Å². The predicted octanol–water partition coefficient (Wildman–Crippen LogP) is 0.0176. The molecule has 0 fully saturated rings. The Hall–Kier alpha value is -1.62. The van der Waals surface area contributed by atoms with Gasteiger partial charge in [0.15, 0.2) is 0 Å². The second-order valence-electron chi connectivity index (χ2n) is 2.50. The van der Waals surface area contributed by atoms with Gasteiger partial charge in [0.25, 0.3) is 0 Å². The van der Waals surface area contributed by atoms with Gasteiger partial charge in [0.05, 0.1) is 25.0 Å². The molecule has 0 amide bonds. The van der Waals surface area contributed by atoms with Crippen molar-refractivity contribution in [1.29, 1.82) is 0 Å². The zero-order chi connectivity index (χ0) is 9.68. The topological polar surface area (TPSA) is 84.1 Å². The SMILES string of the molecule is C=CC(CO)Nc1cncc(N)n1. The van der Waals surface area contributed by atoms with Crippen LogP contribution in [-0.2, 0) is 0 Å². The van der Waals surface area contributed by atoms with Crippen LogP contribution in [0.2, 0.25) is 0 Å². The molecule has 0 aromatic carbocycles. The Morgan fingerprint density at radius 3 is 3.00 bits per heavy atom. The third kappa shape index (κ3) is 2.72. The van der Waals surface area contributed by atoms with E-state index < -0.39 is 0 Å². The maximum absolute atomic E-state index is 8.84. The lowest BCUT2D eigenvalue weighted by Gasteiger charge is -2.11. The van der Waals surface area contributed by atoms with Gasteiger partial charge in [-0.3, -0.25) is 4.98 Å². The number of aliphatic hydroxyl groups excluding tert-OH is 1. The fourth-order valence-electron chi connectivity index (χ4n) is 0.820. The molecule has 1 aromatic heterocycles. The Kier molecular flexibility index (Phi) is 3.22. The standard InChI is InChI=1S/C8H12N4O/c1-2-6(5-13)11-8-4-10-3-7(9)12-8/h2-4,6,13H,1,5H2,(H3,9,11,12). The van der Waals surface area contributed by atoms with E-state index in [0.29, 0.717) is 11.6 Å². The highest BCUT2D eigenvalue weighted by atomic mass is 16.3. The number of hydrogen-bond acceptors (Lipinski definition) is 5. The summed E-state index contributed by atoms with van der Waals surface area (Å²) in [5, 5.41) is 11.7. The molecule has 0 aliphatic carbocycles. The Morgan fingerprint density at radius 2 is 2.46 bits per heavy atom. The molecule has 0 saturated carbocycles. The van der Waals surface area contributed by atoms with E-state index in [1.165, 1.54) is 12.4 Å². The molecule has 0 radical (unpaired) electrons. The van der Waals surface area contributed by atoms with Crippen molar-refractivity contribution in [2.75, 3.05) is 17.7 Å². The van der Waals surface area contributed by atoms with E-state index in [1.54, 1.807) is 6.08 Å². The number of nitrogens with two attached hydrogens (primary N) is 1. The van der Waals surface area contributed by atoms with E-state index in [-0.39, 0.29) is 12.6 Å². The second-order valence-corrected chi connectivity index (χ2v) is 2.50. The summed E-state index contributed by atoms with van der Waals surface area (Å²) in [4.78, 5) is 7.79. The van der Waals surface area contributed by atoms with Crippen molar-refractivity contribution in [3.05, 3.63) is 25.0 Å². The van der Waals surface area contributed by atoms with Crippen molar-refractivity contribution in [2.45, 2.75) is 6.04 Å².